The summed E-state index contributed by atoms with van der Waals surface area (Å²) < 4.78 is 25.3. The summed E-state index contributed by atoms with van der Waals surface area (Å²) in [5, 5.41) is 26.4. The number of methoxy groups -OCH3 is 4. The Hall–Kier alpha value is -5.18. The summed E-state index contributed by atoms with van der Waals surface area (Å²) in [4.78, 5) is 47.1. The number of benzene rings is 2. The molecule has 2 rings (SSSR count). The van der Waals surface area contributed by atoms with Crippen LogP contribution in [0.5, 0.6) is 23.0 Å². The van der Waals surface area contributed by atoms with Gasteiger partial charge in [0.2, 0.25) is 0 Å². The number of carbonyl (C=O) groups is 4. The van der Waals surface area contributed by atoms with E-state index >= 15 is 0 Å². The largest absolute Gasteiger partial charge is 0.493 e. The summed E-state index contributed by atoms with van der Waals surface area (Å²) in [6.45, 7) is -1.10. The molecule has 0 atom stereocenters. The second-order valence-corrected chi connectivity index (χ2v) is 7.22. The summed E-state index contributed by atoms with van der Waals surface area (Å²) in [7, 11) is 5.29. The number of amides is 2. The van der Waals surface area contributed by atoms with Gasteiger partial charge in [-0.3, -0.25) is 9.59 Å². The molecule has 0 radical (unpaired) electrons. The van der Waals surface area contributed by atoms with Gasteiger partial charge < -0.3 is 33.9 Å². The lowest BCUT2D eigenvalue weighted by Gasteiger charge is -2.12. The average Bonchev–Trinajstić information content (AvgIpc) is 2.91. The molecular weight excluding hydrogens is 520 g/mol. The molecule has 15 nitrogen and oxygen atoms in total. The molecule has 39 heavy (non-hydrogen) atoms. The lowest BCUT2D eigenvalue weighted by atomic mass is 10.1. The first-order chi connectivity index (χ1) is 18.7. The number of carbonyl (C=O) groups excluding carboxylic acids is 2. The number of hydrogen-bond acceptors (Lipinski definition) is 11. The molecule has 0 saturated carbocycles. The van der Waals surface area contributed by atoms with Crippen LogP contribution in [0.4, 0.5) is 0 Å². The van der Waals surface area contributed by atoms with Crippen LogP contribution in [0, 0.1) is 0 Å². The minimum Gasteiger partial charge on any atom is -0.493 e. The van der Waals surface area contributed by atoms with Crippen LogP contribution >= 0.6 is 0 Å². The Balaban J connectivity index is 1.90. The molecule has 4 N–H and O–H groups in total. The molecular formula is C24H26N4O11. The molecule has 0 heterocycles. The summed E-state index contributed by atoms with van der Waals surface area (Å²) in [5.74, 6) is -3.64. The van der Waals surface area contributed by atoms with Crippen molar-refractivity contribution in [3.63, 3.8) is 0 Å². The van der Waals surface area contributed by atoms with E-state index in [2.05, 4.69) is 21.1 Å². The van der Waals surface area contributed by atoms with Gasteiger partial charge in [0.1, 0.15) is 24.3 Å². The Labute approximate surface area is 222 Å². The standard InChI is InChI=1S/C24H26N4O11/c1-35-15-7-5-13(19(23(31)32)21(15)37-3)9-25-27-17(29)11-39-12-18(30)28-26-10-14-6-8-16(36-2)22(38-4)20(14)24(33)34/h5-10H,11-12H2,1-4H3,(H,27,29)(H,28,30)(H,31,32)(H,33,34)/b25-9-,26-10-. The van der Waals surface area contributed by atoms with Gasteiger partial charge in [0, 0.05) is 11.1 Å². The summed E-state index contributed by atoms with van der Waals surface area (Å²) in [6, 6.07) is 5.80. The van der Waals surface area contributed by atoms with Crippen molar-refractivity contribution in [3.05, 3.63) is 46.5 Å². The normalized spacial score (nSPS) is 10.8. The number of hydrazone groups is 2. The molecule has 208 valence electrons. The quantitative estimate of drug-likeness (QED) is 0.192. The van der Waals surface area contributed by atoms with E-state index in [0.29, 0.717) is 0 Å². The molecule has 0 aliphatic carbocycles. The van der Waals surface area contributed by atoms with Crippen molar-refractivity contribution in [1.82, 2.24) is 10.9 Å². The predicted molar refractivity (Wildman–Crippen MR) is 135 cm³/mol. The second-order valence-electron chi connectivity index (χ2n) is 7.22. The van der Waals surface area contributed by atoms with E-state index in [0.717, 1.165) is 12.4 Å². The lowest BCUT2D eigenvalue weighted by Crippen LogP contribution is -2.28. The van der Waals surface area contributed by atoms with Crippen LogP contribution < -0.4 is 29.8 Å². The number of nitrogens with zero attached hydrogens (tertiary/aromatic N) is 2. The molecule has 0 aliphatic rings. The highest BCUT2D eigenvalue weighted by Crippen LogP contribution is 2.33. The smallest absolute Gasteiger partial charge is 0.340 e. The van der Waals surface area contributed by atoms with Gasteiger partial charge in [-0.1, -0.05) is 0 Å². The van der Waals surface area contributed by atoms with E-state index in [-0.39, 0.29) is 45.3 Å². The van der Waals surface area contributed by atoms with E-state index in [1.54, 1.807) is 0 Å². The minimum absolute atomic E-state index is 0.0115. The van der Waals surface area contributed by atoms with E-state index in [1.165, 1.54) is 52.7 Å². The fraction of sp³-hybridized carbons (Fsp3) is 0.250. The first kappa shape index (κ1) is 30.0. The van der Waals surface area contributed by atoms with Crippen molar-refractivity contribution in [2.24, 2.45) is 10.2 Å². The van der Waals surface area contributed by atoms with Crippen molar-refractivity contribution in [1.29, 1.82) is 0 Å². The number of aromatic carboxylic acids is 2. The number of ether oxygens (including phenoxy) is 5. The molecule has 0 bridgehead atoms. The van der Waals surface area contributed by atoms with Gasteiger partial charge in [0.05, 0.1) is 40.9 Å². The molecule has 0 unspecified atom stereocenters. The summed E-state index contributed by atoms with van der Waals surface area (Å²) in [5.41, 5.74) is 4.12. The van der Waals surface area contributed by atoms with Gasteiger partial charge in [-0.2, -0.15) is 10.2 Å². The Bertz CT molecular complexity index is 1190. The molecule has 2 aromatic rings. The fourth-order valence-electron chi connectivity index (χ4n) is 3.19. The first-order valence-corrected chi connectivity index (χ1v) is 10.9. The van der Waals surface area contributed by atoms with Crippen molar-refractivity contribution in [3.8, 4) is 23.0 Å². The van der Waals surface area contributed by atoms with Crippen LogP contribution in [0.1, 0.15) is 31.8 Å². The zero-order chi connectivity index (χ0) is 28.9. The van der Waals surface area contributed by atoms with Gasteiger partial charge in [0.25, 0.3) is 11.8 Å². The molecule has 0 fully saturated rings. The van der Waals surface area contributed by atoms with E-state index in [4.69, 9.17) is 23.7 Å². The van der Waals surface area contributed by atoms with Crippen LogP contribution in [-0.4, -0.2) is 88.0 Å². The second kappa shape index (κ2) is 14.5. The molecule has 0 aliphatic heterocycles. The van der Waals surface area contributed by atoms with Crippen molar-refractivity contribution in [2.75, 3.05) is 41.7 Å². The van der Waals surface area contributed by atoms with Crippen molar-refractivity contribution < 1.29 is 53.1 Å². The summed E-state index contributed by atoms with van der Waals surface area (Å²) >= 11 is 0. The number of carboxylic acid groups (broad SMARTS) is 2. The third-order valence-corrected chi connectivity index (χ3v) is 4.84. The van der Waals surface area contributed by atoms with Gasteiger partial charge in [-0.15, -0.1) is 0 Å². The Morgan fingerprint density at radius 2 is 1.08 bits per heavy atom. The van der Waals surface area contributed by atoms with Gasteiger partial charge in [0.15, 0.2) is 23.0 Å². The van der Waals surface area contributed by atoms with Gasteiger partial charge in [-0.05, 0) is 24.3 Å². The van der Waals surface area contributed by atoms with Crippen LogP contribution in [-0.2, 0) is 14.3 Å². The van der Waals surface area contributed by atoms with Gasteiger partial charge >= 0.3 is 11.9 Å². The number of rotatable bonds is 14. The number of hydrogen-bond donors (Lipinski definition) is 4. The minimum atomic E-state index is -1.29. The molecule has 15 heteroatoms. The zero-order valence-electron chi connectivity index (χ0n) is 21.3. The third-order valence-electron chi connectivity index (χ3n) is 4.84. The molecule has 0 spiro atoms. The van der Waals surface area contributed by atoms with Crippen LogP contribution in [0.25, 0.3) is 0 Å². The Morgan fingerprint density at radius 1 is 0.692 bits per heavy atom. The maximum atomic E-state index is 11.9. The van der Waals surface area contributed by atoms with E-state index in [9.17, 15) is 29.4 Å². The molecule has 0 saturated heterocycles. The molecule has 0 aromatic heterocycles. The molecule has 2 amide bonds. The maximum absolute atomic E-state index is 11.9. The topological polar surface area (TPSA) is 204 Å². The van der Waals surface area contributed by atoms with Crippen LogP contribution in [0.3, 0.4) is 0 Å². The van der Waals surface area contributed by atoms with Crippen molar-refractivity contribution in [2.45, 2.75) is 0 Å². The first-order valence-electron chi connectivity index (χ1n) is 10.9. The summed E-state index contributed by atoms with van der Waals surface area (Å²) in [6.07, 6.45) is 2.20. The highest BCUT2D eigenvalue weighted by Gasteiger charge is 2.21. The monoisotopic (exact) mass is 546 g/mol. The Kier molecular flexibility index (Phi) is 11.2. The number of nitrogens with one attached hydrogen (secondary N) is 2. The SMILES string of the molecule is COc1ccc(/C=N\NC(=O)COCC(=O)N/N=C\c2ccc(OC)c(OC)c2C(=O)O)c(C(=O)O)c1OC. The predicted octanol–water partition coefficient (Wildman–Crippen LogP) is 0.734. The van der Waals surface area contributed by atoms with Crippen LogP contribution in [0.2, 0.25) is 0 Å². The average molecular weight is 546 g/mol. The van der Waals surface area contributed by atoms with E-state index < -0.39 is 37.0 Å². The van der Waals surface area contributed by atoms with Crippen LogP contribution in [0.15, 0.2) is 34.5 Å². The zero-order valence-corrected chi connectivity index (χ0v) is 21.3. The Morgan fingerprint density at radius 3 is 1.38 bits per heavy atom. The fourth-order valence-corrected chi connectivity index (χ4v) is 3.19. The number of carboxylic acids is 2. The highest BCUT2D eigenvalue weighted by molar-refractivity contribution is 6.02. The van der Waals surface area contributed by atoms with Gasteiger partial charge in [-0.25, -0.2) is 20.4 Å². The highest BCUT2D eigenvalue weighted by atomic mass is 16.5. The van der Waals surface area contributed by atoms with Crippen molar-refractivity contribution >= 4 is 36.2 Å². The third kappa shape index (κ3) is 7.90. The lowest BCUT2D eigenvalue weighted by molar-refractivity contribution is -0.130. The molecule has 2 aromatic carbocycles. The maximum Gasteiger partial charge on any atom is 0.340 e. The van der Waals surface area contributed by atoms with E-state index in [1.807, 2.05) is 0 Å².